The van der Waals surface area contributed by atoms with Crippen molar-refractivity contribution in [2.24, 2.45) is 0 Å². The van der Waals surface area contributed by atoms with Crippen LogP contribution >= 0.6 is 22.6 Å². The van der Waals surface area contributed by atoms with Crippen molar-refractivity contribution in [3.63, 3.8) is 0 Å². The number of nitrogens with zero attached hydrogens (tertiary/aromatic N) is 2. The molecule has 0 aromatic heterocycles. The molecule has 1 rings (SSSR count). The third-order valence-corrected chi connectivity index (χ3v) is 4.29. The number of amides is 1. The Bertz CT molecular complexity index is 472. The SMILES string of the molecule is CCCC(C)(C#N)N(C(=O)O)C(I)c1ccccc1. The predicted octanol–water partition coefficient (Wildman–Crippen LogP) is 4.18. The van der Waals surface area contributed by atoms with Crippen molar-refractivity contribution in [3.8, 4) is 6.07 Å². The highest BCUT2D eigenvalue weighted by molar-refractivity contribution is 14.1. The van der Waals surface area contributed by atoms with Crippen molar-refractivity contribution in [1.29, 1.82) is 5.26 Å². The monoisotopic (exact) mass is 372 g/mol. The average molecular weight is 372 g/mol. The Morgan fingerprint density at radius 1 is 1.53 bits per heavy atom. The van der Waals surface area contributed by atoms with Crippen LogP contribution in [0.4, 0.5) is 4.79 Å². The number of nitriles is 1. The normalized spacial score (nSPS) is 15.1. The first-order valence-corrected chi connectivity index (χ1v) is 7.33. The highest BCUT2D eigenvalue weighted by Gasteiger charge is 2.39. The number of halogens is 1. The van der Waals surface area contributed by atoms with Crippen LogP contribution in [0.15, 0.2) is 30.3 Å². The molecule has 0 aliphatic heterocycles. The van der Waals surface area contributed by atoms with Crippen LogP contribution in [-0.4, -0.2) is 21.6 Å². The lowest BCUT2D eigenvalue weighted by molar-refractivity contribution is 0.0995. The van der Waals surface area contributed by atoms with Gasteiger partial charge in [-0.05, 0) is 18.9 Å². The van der Waals surface area contributed by atoms with Crippen LogP contribution in [0.1, 0.15) is 36.3 Å². The zero-order valence-corrected chi connectivity index (χ0v) is 13.2. The van der Waals surface area contributed by atoms with E-state index in [2.05, 4.69) is 28.7 Å². The first kappa shape index (κ1) is 15.8. The van der Waals surface area contributed by atoms with Gasteiger partial charge in [-0.25, -0.2) is 4.79 Å². The predicted molar refractivity (Wildman–Crippen MR) is 82.0 cm³/mol. The van der Waals surface area contributed by atoms with Gasteiger partial charge in [-0.2, -0.15) is 5.26 Å². The second-order valence-electron chi connectivity index (χ2n) is 4.53. The Kier molecular flexibility index (Phi) is 5.60. The summed E-state index contributed by atoms with van der Waals surface area (Å²) in [7, 11) is 0. The van der Waals surface area contributed by atoms with Gasteiger partial charge in [0.15, 0.2) is 0 Å². The Morgan fingerprint density at radius 3 is 2.53 bits per heavy atom. The molecule has 19 heavy (non-hydrogen) atoms. The molecule has 0 saturated carbocycles. The minimum atomic E-state index is -1.07. The molecule has 1 aromatic carbocycles. The summed E-state index contributed by atoms with van der Waals surface area (Å²) in [5, 5.41) is 18.8. The highest BCUT2D eigenvalue weighted by Crippen LogP contribution is 2.35. The first-order valence-electron chi connectivity index (χ1n) is 6.08. The van der Waals surface area contributed by atoms with E-state index >= 15 is 0 Å². The lowest BCUT2D eigenvalue weighted by Crippen LogP contribution is -2.48. The van der Waals surface area contributed by atoms with Crippen molar-refractivity contribution in [1.82, 2.24) is 4.90 Å². The maximum absolute atomic E-state index is 11.6. The standard InChI is InChI=1S/C14H17IN2O2/c1-3-9-14(2,10-16)17(13(18)19)12(15)11-7-5-4-6-8-11/h4-8,12H,3,9H2,1-2H3,(H,18,19). The summed E-state index contributed by atoms with van der Waals surface area (Å²) in [5.41, 5.74) is -0.134. The minimum absolute atomic E-state index is 0.382. The van der Waals surface area contributed by atoms with E-state index in [9.17, 15) is 15.2 Å². The summed E-state index contributed by atoms with van der Waals surface area (Å²) in [6, 6.07) is 11.5. The second-order valence-corrected chi connectivity index (χ2v) is 5.71. The van der Waals surface area contributed by atoms with Crippen molar-refractivity contribution in [2.45, 2.75) is 36.3 Å². The number of hydrogen-bond donors (Lipinski definition) is 1. The van der Waals surface area contributed by atoms with Crippen molar-refractivity contribution in [2.75, 3.05) is 0 Å². The van der Waals surface area contributed by atoms with Gasteiger partial charge in [0.2, 0.25) is 0 Å². The molecule has 0 aliphatic rings. The molecule has 0 spiro atoms. The number of benzene rings is 1. The molecule has 1 aromatic rings. The molecule has 0 radical (unpaired) electrons. The van der Waals surface area contributed by atoms with E-state index in [0.29, 0.717) is 6.42 Å². The summed E-state index contributed by atoms with van der Waals surface area (Å²) in [5.74, 6) is 0. The van der Waals surface area contributed by atoms with Crippen molar-refractivity contribution >= 4 is 28.7 Å². The molecule has 1 N–H and O–H groups in total. The fourth-order valence-electron chi connectivity index (χ4n) is 2.04. The number of carbonyl (C=O) groups is 1. The summed E-state index contributed by atoms with van der Waals surface area (Å²) >= 11 is 2.07. The lowest BCUT2D eigenvalue weighted by atomic mass is 9.95. The zero-order valence-electron chi connectivity index (χ0n) is 11.0. The molecule has 5 heteroatoms. The van der Waals surface area contributed by atoms with Crippen LogP contribution in [0.25, 0.3) is 0 Å². The van der Waals surface area contributed by atoms with Crippen LogP contribution in [0.3, 0.4) is 0 Å². The van der Waals surface area contributed by atoms with Crippen LogP contribution in [0, 0.1) is 11.3 Å². The Morgan fingerprint density at radius 2 is 2.11 bits per heavy atom. The largest absolute Gasteiger partial charge is 0.465 e. The van der Waals surface area contributed by atoms with Crippen LogP contribution < -0.4 is 0 Å². The number of carboxylic acid groups (broad SMARTS) is 1. The fourth-order valence-corrected chi connectivity index (χ4v) is 3.30. The Hall–Kier alpha value is -1.29. The zero-order chi connectivity index (χ0) is 14.5. The molecule has 2 unspecified atom stereocenters. The van der Waals surface area contributed by atoms with Crippen molar-refractivity contribution < 1.29 is 9.90 Å². The number of rotatable bonds is 5. The van der Waals surface area contributed by atoms with E-state index in [1.807, 2.05) is 37.3 Å². The van der Waals surface area contributed by atoms with Crippen LogP contribution in [0.2, 0.25) is 0 Å². The molecular weight excluding hydrogens is 355 g/mol. The van der Waals surface area contributed by atoms with Gasteiger partial charge in [0.25, 0.3) is 0 Å². The van der Waals surface area contributed by atoms with E-state index in [1.165, 1.54) is 4.90 Å². The molecule has 1 amide bonds. The van der Waals surface area contributed by atoms with Gasteiger partial charge in [0.1, 0.15) is 9.59 Å². The van der Waals surface area contributed by atoms with Gasteiger partial charge < -0.3 is 5.11 Å². The lowest BCUT2D eigenvalue weighted by Gasteiger charge is -2.37. The Labute approximate surface area is 127 Å². The summed E-state index contributed by atoms with van der Waals surface area (Å²) in [6.45, 7) is 3.62. The molecule has 4 nitrogen and oxygen atoms in total. The molecule has 0 fully saturated rings. The maximum atomic E-state index is 11.6. The average Bonchev–Trinajstić information content (AvgIpc) is 2.39. The minimum Gasteiger partial charge on any atom is -0.465 e. The molecule has 0 saturated heterocycles. The molecular formula is C14H17IN2O2. The summed E-state index contributed by atoms with van der Waals surface area (Å²) in [4.78, 5) is 12.8. The van der Waals surface area contributed by atoms with Crippen LogP contribution in [-0.2, 0) is 0 Å². The van der Waals surface area contributed by atoms with Gasteiger partial charge in [-0.15, -0.1) is 0 Å². The number of hydrogen-bond acceptors (Lipinski definition) is 2. The topological polar surface area (TPSA) is 64.3 Å². The van der Waals surface area contributed by atoms with Crippen molar-refractivity contribution in [3.05, 3.63) is 35.9 Å². The highest BCUT2D eigenvalue weighted by atomic mass is 127. The maximum Gasteiger partial charge on any atom is 0.409 e. The van der Waals surface area contributed by atoms with Gasteiger partial charge >= 0.3 is 6.09 Å². The van der Waals surface area contributed by atoms with Gasteiger partial charge in [-0.1, -0.05) is 66.3 Å². The van der Waals surface area contributed by atoms with Gasteiger partial charge in [-0.3, -0.25) is 4.90 Å². The van der Waals surface area contributed by atoms with Gasteiger partial charge in [0, 0.05) is 0 Å². The first-order chi connectivity index (χ1) is 8.96. The number of alkyl halides is 1. The summed E-state index contributed by atoms with van der Waals surface area (Å²) < 4.78 is -0.382. The van der Waals surface area contributed by atoms with Crippen LogP contribution in [0.5, 0.6) is 0 Å². The third-order valence-electron chi connectivity index (χ3n) is 3.02. The fraction of sp³-hybridized carbons (Fsp3) is 0.429. The summed E-state index contributed by atoms with van der Waals surface area (Å²) in [6.07, 6.45) is 0.203. The van der Waals surface area contributed by atoms with E-state index < -0.39 is 11.6 Å². The molecule has 2 atom stereocenters. The second kappa shape index (κ2) is 6.75. The quantitative estimate of drug-likeness (QED) is 0.479. The third kappa shape index (κ3) is 3.60. The molecule has 0 bridgehead atoms. The smallest absolute Gasteiger partial charge is 0.409 e. The molecule has 102 valence electrons. The van der Waals surface area contributed by atoms with E-state index in [4.69, 9.17) is 0 Å². The van der Waals surface area contributed by atoms with E-state index in [1.54, 1.807) is 6.92 Å². The van der Waals surface area contributed by atoms with Gasteiger partial charge in [0.05, 0.1) is 6.07 Å². The Balaban J connectivity index is 3.15. The van der Waals surface area contributed by atoms with E-state index in [0.717, 1.165) is 12.0 Å². The molecule has 0 aliphatic carbocycles. The molecule has 0 heterocycles. The van der Waals surface area contributed by atoms with E-state index in [-0.39, 0.29) is 4.05 Å².